The number of hydrogen-bond donors (Lipinski definition) is 2. The van der Waals surface area contributed by atoms with Crippen molar-refractivity contribution >= 4 is 23.2 Å². The van der Waals surface area contributed by atoms with Gasteiger partial charge in [-0.2, -0.15) is 5.10 Å². The Balaban J connectivity index is 1.75. The van der Waals surface area contributed by atoms with E-state index in [4.69, 9.17) is 21.1 Å². The smallest absolute Gasteiger partial charge is 0.255 e. The summed E-state index contributed by atoms with van der Waals surface area (Å²) in [5.41, 5.74) is 3.51. The summed E-state index contributed by atoms with van der Waals surface area (Å²) < 4.78 is 10.8. The van der Waals surface area contributed by atoms with Gasteiger partial charge in [-0.05, 0) is 43.2 Å². The van der Waals surface area contributed by atoms with Gasteiger partial charge in [0, 0.05) is 28.1 Å². The summed E-state index contributed by atoms with van der Waals surface area (Å²) in [6.45, 7) is 0. The molecule has 0 spiro atoms. The Labute approximate surface area is 167 Å². The van der Waals surface area contributed by atoms with Crippen LogP contribution in [0.3, 0.4) is 0 Å². The molecule has 0 atom stereocenters. The molecule has 28 heavy (non-hydrogen) atoms. The predicted octanol–water partition coefficient (Wildman–Crippen LogP) is 4.88. The molecule has 1 fully saturated rings. The van der Waals surface area contributed by atoms with Crippen LogP contribution in [0, 0.1) is 0 Å². The van der Waals surface area contributed by atoms with Gasteiger partial charge in [-0.3, -0.25) is 9.89 Å². The lowest BCUT2D eigenvalue weighted by Gasteiger charge is -2.12. The van der Waals surface area contributed by atoms with Crippen molar-refractivity contribution in [1.29, 1.82) is 0 Å². The van der Waals surface area contributed by atoms with Gasteiger partial charge in [0.25, 0.3) is 5.91 Å². The SMILES string of the molecule is COc1ccc(-c2n[nH]c(C3CC3)c2NC(=O)c2cccc(Cl)c2)c(OC)c1. The first-order chi connectivity index (χ1) is 13.6. The molecule has 0 bridgehead atoms. The molecule has 2 aromatic carbocycles. The molecule has 0 unspecified atom stereocenters. The fourth-order valence-electron chi connectivity index (χ4n) is 3.15. The van der Waals surface area contributed by atoms with Gasteiger partial charge < -0.3 is 14.8 Å². The Morgan fingerprint density at radius 2 is 2.00 bits per heavy atom. The number of carbonyl (C=O) groups excluding carboxylic acids is 1. The average molecular weight is 398 g/mol. The van der Waals surface area contributed by atoms with Gasteiger partial charge in [0.05, 0.1) is 25.6 Å². The summed E-state index contributed by atoms with van der Waals surface area (Å²) in [5.74, 6) is 1.44. The zero-order chi connectivity index (χ0) is 19.7. The van der Waals surface area contributed by atoms with E-state index in [2.05, 4.69) is 15.5 Å². The van der Waals surface area contributed by atoms with Crippen molar-refractivity contribution in [3.8, 4) is 22.8 Å². The number of halogens is 1. The van der Waals surface area contributed by atoms with Crippen LogP contribution in [-0.4, -0.2) is 30.3 Å². The van der Waals surface area contributed by atoms with Crippen molar-refractivity contribution in [1.82, 2.24) is 10.2 Å². The number of ether oxygens (including phenoxy) is 2. The van der Waals surface area contributed by atoms with Crippen LogP contribution in [0.25, 0.3) is 11.3 Å². The normalized spacial score (nSPS) is 13.2. The van der Waals surface area contributed by atoms with Gasteiger partial charge in [-0.25, -0.2) is 0 Å². The van der Waals surface area contributed by atoms with Gasteiger partial charge in [0.15, 0.2) is 0 Å². The lowest BCUT2D eigenvalue weighted by atomic mass is 10.1. The Morgan fingerprint density at radius 3 is 2.68 bits per heavy atom. The van der Waals surface area contributed by atoms with Gasteiger partial charge in [0.2, 0.25) is 0 Å². The number of benzene rings is 2. The van der Waals surface area contributed by atoms with E-state index in [0.29, 0.717) is 39.4 Å². The van der Waals surface area contributed by atoms with Gasteiger partial charge in [0.1, 0.15) is 17.2 Å². The largest absolute Gasteiger partial charge is 0.497 e. The minimum absolute atomic E-state index is 0.237. The van der Waals surface area contributed by atoms with E-state index in [1.807, 2.05) is 12.1 Å². The summed E-state index contributed by atoms with van der Waals surface area (Å²) in [5, 5.41) is 11.1. The fraction of sp³-hybridized carbons (Fsp3) is 0.238. The first kappa shape index (κ1) is 18.4. The number of nitrogens with one attached hydrogen (secondary N) is 2. The minimum atomic E-state index is -0.237. The molecule has 144 valence electrons. The topological polar surface area (TPSA) is 76.2 Å². The monoisotopic (exact) mass is 397 g/mol. The number of aromatic nitrogens is 2. The summed E-state index contributed by atoms with van der Waals surface area (Å²) in [6.07, 6.45) is 2.14. The highest BCUT2D eigenvalue weighted by atomic mass is 35.5. The third-order valence-electron chi connectivity index (χ3n) is 4.77. The summed E-state index contributed by atoms with van der Waals surface area (Å²) >= 11 is 6.03. The van der Waals surface area contributed by atoms with Crippen molar-refractivity contribution in [3.05, 3.63) is 58.7 Å². The van der Waals surface area contributed by atoms with Crippen LogP contribution in [0.15, 0.2) is 42.5 Å². The number of nitrogens with zero attached hydrogens (tertiary/aromatic N) is 1. The number of anilines is 1. The standard InChI is InChI=1S/C21H20ClN3O3/c1-27-15-8-9-16(17(11-15)28-2)19-20(18(24-25-19)12-6-7-12)23-21(26)13-4-3-5-14(22)10-13/h3-5,8-12H,6-7H2,1-2H3,(H,23,26)(H,24,25). The second-order valence-corrected chi connectivity index (χ2v) is 7.10. The predicted molar refractivity (Wildman–Crippen MR) is 109 cm³/mol. The molecule has 1 aliphatic carbocycles. The number of rotatable bonds is 6. The first-order valence-electron chi connectivity index (χ1n) is 8.98. The maximum absolute atomic E-state index is 12.8. The highest BCUT2D eigenvalue weighted by Gasteiger charge is 2.31. The van der Waals surface area contributed by atoms with E-state index in [0.717, 1.165) is 24.1 Å². The highest BCUT2D eigenvalue weighted by molar-refractivity contribution is 6.31. The zero-order valence-corrected chi connectivity index (χ0v) is 16.3. The quantitative estimate of drug-likeness (QED) is 0.621. The second kappa shape index (κ2) is 7.56. The third kappa shape index (κ3) is 3.55. The maximum Gasteiger partial charge on any atom is 0.255 e. The van der Waals surface area contributed by atoms with E-state index < -0.39 is 0 Å². The van der Waals surface area contributed by atoms with Crippen LogP contribution in [0.1, 0.15) is 34.8 Å². The summed E-state index contributed by atoms with van der Waals surface area (Å²) in [6, 6.07) is 12.4. The Bertz CT molecular complexity index is 1030. The molecule has 1 saturated carbocycles. The fourth-order valence-corrected chi connectivity index (χ4v) is 3.34. The molecule has 0 radical (unpaired) electrons. The molecule has 7 heteroatoms. The highest BCUT2D eigenvalue weighted by Crippen LogP contribution is 2.46. The molecule has 0 saturated heterocycles. The van der Waals surface area contributed by atoms with Crippen LogP contribution in [0.5, 0.6) is 11.5 Å². The van der Waals surface area contributed by atoms with E-state index in [9.17, 15) is 4.79 Å². The van der Waals surface area contributed by atoms with Crippen molar-refractivity contribution in [2.45, 2.75) is 18.8 Å². The summed E-state index contributed by atoms with van der Waals surface area (Å²) in [7, 11) is 3.20. The summed E-state index contributed by atoms with van der Waals surface area (Å²) in [4.78, 5) is 12.8. The number of H-pyrrole nitrogens is 1. The van der Waals surface area contributed by atoms with Crippen LogP contribution in [0.4, 0.5) is 5.69 Å². The van der Waals surface area contributed by atoms with Crippen LogP contribution < -0.4 is 14.8 Å². The molecule has 1 amide bonds. The van der Waals surface area contributed by atoms with E-state index in [1.54, 1.807) is 44.6 Å². The van der Waals surface area contributed by atoms with Crippen LogP contribution in [0.2, 0.25) is 5.02 Å². The third-order valence-corrected chi connectivity index (χ3v) is 5.00. The second-order valence-electron chi connectivity index (χ2n) is 6.67. The molecule has 1 heterocycles. The van der Waals surface area contributed by atoms with E-state index >= 15 is 0 Å². The first-order valence-corrected chi connectivity index (χ1v) is 9.36. The zero-order valence-electron chi connectivity index (χ0n) is 15.6. The van der Waals surface area contributed by atoms with Crippen molar-refractivity contribution in [2.75, 3.05) is 19.5 Å². The lowest BCUT2D eigenvalue weighted by molar-refractivity contribution is 0.102. The van der Waals surface area contributed by atoms with Crippen molar-refractivity contribution in [2.24, 2.45) is 0 Å². The van der Waals surface area contributed by atoms with Crippen LogP contribution >= 0.6 is 11.6 Å². The molecular formula is C21H20ClN3O3. The number of aromatic amines is 1. The van der Waals surface area contributed by atoms with Gasteiger partial charge >= 0.3 is 0 Å². The number of amides is 1. The molecule has 4 rings (SSSR count). The van der Waals surface area contributed by atoms with Crippen LogP contribution in [-0.2, 0) is 0 Å². The molecule has 6 nitrogen and oxygen atoms in total. The molecule has 3 aromatic rings. The molecule has 1 aromatic heterocycles. The Kier molecular flexibility index (Phi) is 4.96. The van der Waals surface area contributed by atoms with Crippen molar-refractivity contribution in [3.63, 3.8) is 0 Å². The Hall–Kier alpha value is -2.99. The van der Waals surface area contributed by atoms with E-state index in [1.165, 1.54) is 0 Å². The van der Waals surface area contributed by atoms with Gasteiger partial charge in [-0.1, -0.05) is 17.7 Å². The molecular weight excluding hydrogens is 378 g/mol. The average Bonchev–Trinajstić information content (AvgIpc) is 3.48. The number of carbonyl (C=O) groups is 1. The number of hydrogen-bond acceptors (Lipinski definition) is 4. The lowest BCUT2D eigenvalue weighted by Crippen LogP contribution is -2.13. The number of methoxy groups -OCH3 is 2. The molecule has 1 aliphatic rings. The minimum Gasteiger partial charge on any atom is -0.497 e. The molecule has 2 N–H and O–H groups in total. The van der Waals surface area contributed by atoms with E-state index in [-0.39, 0.29) is 5.91 Å². The maximum atomic E-state index is 12.8. The molecule has 0 aliphatic heterocycles. The van der Waals surface area contributed by atoms with Gasteiger partial charge in [-0.15, -0.1) is 0 Å². The van der Waals surface area contributed by atoms with Crippen molar-refractivity contribution < 1.29 is 14.3 Å². The Morgan fingerprint density at radius 1 is 1.18 bits per heavy atom.